The third kappa shape index (κ3) is 4.35. The first-order chi connectivity index (χ1) is 11.6. The standard InChI is InChI=1S/C18H17BrN2O2S/c1-2-9-20-18(24)16(21-10-5-6-13(11-21)12-22)17(23)14-7-3-4-8-15(14)19/h2-8,10-11,16,22H,1,9,12H2/p+1. The van der Waals surface area contributed by atoms with Gasteiger partial charge in [-0.25, -0.2) is 0 Å². The summed E-state index contributed by atoms with van der Waals surface area (Å²) in [5.41, 5.74) is 1.25. The fourth-order valence-electron chi connectivity index (χ4n) is 2.27. The number of rotatable bonds is 7. The second-order valence-electron chi connectivity index (χ2n) is 5.10. The van der Waals surface area contributed by atoms with Gasteiger partial charge in [-0.15, -0.1) is 6.58 Å². The van der Waals surface area contributed by atoms with Crippen LogP contribution in [0.3, 0.4) is 0 Å². The summed E-state index contributed by atoms with van der Waals surface area (Å²) >= 11 is 8.86. The molecule has 0 aliphatic rings. The average Bonchev–Trinajstić information content (AvgIpc) is 2.60. The lowest BCUT2D eigenvalue weighted by molar-refractivity contribution is -0.692. The molecule has 1 aromatic heterocycles. The van der Waals surface area contributed by atoms with Crippen molar-refractivity contribution in [1.29, 1.82) is 0 Å². The molecule has 0 amide bonds. The van der Waals surface area contributed by atoms with Crippen LogP contribution in [0.2, 0.25) is 0 Å². The Bertz CT molecular complexity index is 764. The molecule has 2 N–H and O–H groups in total. The Labute approximate surface area is 155 Å². The van der Waals surface area contributed by atoms with E-state index in [1.165, 1.54) is 0 Å². The summed E-state index contributed by atoms with van der Waals surface area (Å²) in [5.74, 6) is -0.135. The summed E-state index contributed by atoms with van der Waals surface area (Å²) < 4.78 is 2.43. The largest absolute Gasteiger partial charge is 0.391 e. The first kappa shape index (κ1) is 18.4. The number of carbonyl (C=O) groups excluding carboxylic acids is 1. The minimum Gasteiger partial charge on any atom is -0.391 e. The Morgan fingerprint density at radius 1 is 1.38 bits per heavy atom. The maximum absolute atomic E-state index is 13.1. The second kappa shape index (κ2) is 8.82. The molecule has 0 saturated heterocycles. The number of hydrogen-bond acceptors (Lipinski definition) is 3. The van der Waals surface area contributed by atoms with Crippen LogP contribution in [0.5, 0.6) is 0 Å². The number of pyridine rings is 1. The molecular formula is C18H18BrN2O2S+. The highest BCUT2D eigenvalue weighted by molar-refractivity contribution is 9.10. The lowest BCUT2D eigenvalue weighted by Crippen LogP contribution is -2.51. The number of hydrogen-bond donors (Lipinski definition) is 2. The smallest absolute Gasteiger partial charge is 0.270 e. The van der Waals surface area contributed by atoms with Gasteiger partial charge in [-0.05, 0) is 18.2 Å². The van der Waals surface area contributed by atoms with E-state index >= 15 is 0 Å². The predicted octanol–water partition coefficient (Wildman–Crippen LogP) is 2.76. The minimum absolute atomic E-state index is 0.108. The molecule has 4 nitrogen and oxygen atoms in total. The number of nitrogens with one attached hydrogen (secondary N) is 1. The zero-order valence-electron chi connectivity index (χ0n) is 13.0. The average molecular weight is 406 g/mol. The van der Waals surface area contributed by atoms with Crippen LogP contribution in [0, 0.1) is 0 Å². The number of halogens is 1. The summed E-state index contributed by atoms with van der Waals surface area (Å²) in [6.07, 6.45) is 5.17. The number of aliphatic hydroxyl groups is 1. The molecule has 0 spiro atoms. The summed E-state index contributed by atoms with van der Waals surface area (Å²) in [7, 11) is 0. The van der Waals surface area contributed by atoms with E-state index in [-0.39, 0.29) is 12.4 Å². The molecule has 1 atom stereocenters. The van der Waals surface area contributed by atoms with Crippen LogP contribution in [-0.4, -0.2) is 22.4 Å². The molecule has 1 aromatic carbocycles. The normalized spacial score (nSPS) is 11.6. The Balaban J connectivity index is 2.46. The number of aromatic nitrogens is 1. The number of carbonyl (C=O) groups is 1. The Morgan fingerprint density at radius 3 is 2.79 bits per heavy atom. The SMILES string of the molecule is C=CCNC(=S)C(C(=O)c1ccccc1Br)[n+]1cccc(CO)c1. The third-order valence-electron chi connectivity index (χ3n) is 3.42. The molecule has 6 heteroatoms. The Morgan fingerprint density at radius 2 is 2.12 bits per heavy atom. The topological polar surface area (TPSA) is 53.2 Å². The van der Waals surface area contributed by atoms with Gasteiger partial charge in [-0.2, -0.15) is 4.57 Å². The Kier molecular flexibility index (Phi) is 6.78. The molecular weight excluding hydrogens is 388 g/mol. The number of Topliss-reactive ketones (excluding diaryl/α,β-unsaturated/α-hetero) is 1. The van der Waals surface area contributed by atoms with E-state index in [2.05, 4.69) is 27.8 Å². The van der Waals surface area contributed by atoms with Crippen molar-refractivity contribution in [2.24, 2.45) is 0 Å². The van der Waals surface area contributed by atoms with Crippen LogP contribution in [-0.2, 0) is 6.61 Å². The second-order valence-corrected chi connectivity index (χ2v) is 6.39. The monoisotopic (exact) mass is 405 g/mol. The van der Waals surface area contributed by atoms with Gasteiger partial charge in [0.25, 0.3) is 6.04 Å². The zero-order chi connectivity index (χ0) is 17.5. The fraction of sp³-hybridized carbons (Fsp3) is 0.167. The number of aliphatic hydroxyl groups excluding tert-OH is 1. The van der Waals surface area contributed by atoms with Crippen molar-refractivity contribution < 1.29 is 14.5 Å². The summed E-state index contributed by atoms with van der Waals surface area (Å²) in [6.45, 7) is 4.02. The van der Waals surface area contributed by atoms with Crippen LogP contribution in [0.25, 0.3) is 0 Å². The number of thiocarbonyl (C=S) groups is 1. The molecule has 124 valence electrons. The van der Waals surface area contributed by atoms with Gasteiger partial charge in [-0.3, -0.25) is 4.79 Å². The molecule has 0 saturated carbocycles. The van der Waals surface area contributed by atoms with Crippen molar-refractivity contribution in [3.8, 4) is 0 Å². The predicted molar refractivity (Wildman–Crippen MR) is 101 cm³/mol. The van der Waals surface area contributed by atoms with E-state index in [4.69, 9.17) is 12.2 Å². The summed E-state index contributed by atoms with van der Waals surface area (Å²) in [4.78, 5) is 13.5. The maximum atomic E-state index is 13.1. The van der Waals surface area contributed by atoms with Crippen molar-refractivity contribution in [2.45, 2.75) is 12.6 Å². The van der Waals surface area contributed by atoms with Crippen LogP contribution in [0.4, 0.5) is 0 Å². The van der Waals surface area contributed by atoms with E-state index in [0.29, 0.717) is 27.1 Å². The van der Waals surface area contributed by atoms with Gasteiger partial charge in [0.15, 0.2) is 17.4 Å². The molecule has 0 radical (unpaired) electrons. The van der Waals surface area contributed by atoms with Crippen molar-refractivity contribution >= 4 is 38.9 Å². The van der Waals surface area contributed by atoms with Gasteiger partial charge in [-0.1, -0.05) is 46.4 Å². The van der Waals surface area contributed by atoms with E-state index in [1.54, 1.807) is 41.2 Å². The van der Waals surface area contributed by atoms with Gasteiger partial charge in [0, 0.05) is 28.2 Å². The quantitative estimate of drug-likeness (QED) is 0.321. The van der Waals surface area contributed by atoms with Gasteiger partial charge in [0.2, 0.25) is 5.78 Å². The first-order valence-electron chi connectivity index (χ1n) is 7.36. The highest BCUT2D eigenvalue weighted by atomic mass is 79.9. The van der Waals surface area contributed by atoms with Crippen LogP contribution >= 0.6 is 28.1 Å². The van der Waals surface area contributed by atoms with E-state index in [0.717, 1.165) is 0 Å². The summed E-state index contributed by atoms with van der Waals surface area (Å²) in [5, 5.41) is 12.4. The summed E-state index contributed by atoms with van der Waals surface area (Å²) in [6, 6.07) is 10.1. The maximum Gasteiger partial charge on any atom is 0.270 e. The van der Waals surface area contributed by atoms with Crippen LogP contribution < -0.4 is 9.88 Å². The lowest BCUT2D eigenvalue weighted by Gasteiger charge is -2.15. The number of ketones is 1. The van der Waals surface area contributed by atoms with Crippen LogP contribution in [0.15, 0.2) is 65.9 Å². The van der Waals surface area contributed by atoms with Gasteiger partial charge in [0.1, 0.15) is 0 Å². The first-order valence-corrected chi connectivity index (χ1v) is 8.56. The van der Waals surface area contributed by atoms with Gasteiger partial charge >= 0.3 is 0 Å². The molecule has 1 heterocycles. The fourth-order valence-corrected chi connectivity index (χ4v) is 3.06. The number of nitrogens with zero attached hydrogens (tertiary/aromatic N) is 1. The molecule has 1 unspecified atom stereocenters. The van der Waals surface area contributed by atoms with Crippen LogP contribution in [0.1, 0.15) is 22.0 Å². The molecule has 0 aliphatic carbocycles. The van der Waals surface area contributed by atoms with Crippen molar-refractivity contribution in [2.75, 3.05) is 6.54 Å². The van der Waals surface area contributed by atoms with E-state index in [1.807, 2.05) is 18.2 Å². The zero-order valence-corrected chi connectivity index (χ0v) is 15.4. The third-order valence-corrected chi connectivity index (χ3v) is 4.48. The molecule has 0 bridgehead atoms. The molecule has 2 rings (SSSR count). The number of benzene rings is 1. The highest BCUT2D eigenvalue weighted by Gasteiger charge is 2.34. The van der Waals surface area contributed by atoms with Gasteiger partial charge < -0.3 is 10.4 Å². The van der Waals surface area contributed by atoms with E-state index < -0.39 is 6.04 Å². The Hall–Kier alpha value is -1.89. The molecule has 2 aromatic rings. The molecule has 0 fully saturated rings. The molecule has 0 aliphatic heterocycles. The van der Waals surface area contributed by atoms with E-state index in [9.17, 15) is 9.90 Å². The highest BCUT2D eigenvalue weighted by Crippen LogP contribution is 2.20. The molecule has 24 heavy (non-hydrogen) atoms. The van der Waals surface area contributed by atoms with Crippen molar-refractivity contribution in [3.63, 3.8) is 0 Å². The van der Waals surface area contributed by atoms with Crippen molar-refractivity contribution in [1.82, 2.24) is 5.32 Å². The van der Waals surface area contributed by atoms with Gasteiger partial charge in [0.05, 0.1) is 6.61 Å². The minimum atomic E-state index is -0.704. The van der Waals surface area contributed by atoms with Crippen molar-refractivity contribution in [3.05, 3.63) is 77.0 Å². The lowest BCUT2D eigenvalue weighted by atomic mass is 10.0.